The third-order valence-corrected chi connectivity index (χ3v) is 2.10. The Hall–Kier alpha value is -0.340. The molecule has 5 heteroatoms. The lowest BCUT2D eigenvalue weighted by atomic mass is 10.1. The number of likely N-dealkylation sites (tertiary alicyclic amines) is 1. The Bertz CT molecular complexity index is 146. The lowest BCUT2D eigenvalue weighted by molar-refractivity contribution is 0.146. The van der Waals surface area contributed by atoms with Crippen molar-refractivity contribution in [2.75, 3.05) is 13.1 Å². The van der Waals surface area contributed by atoms with Crippen molar-refractivity contribution in [3.63, 3.8) is 0 Å². The largest absolute Gasteiger partial charge is 0.435 e. The van der Waals surface area contributed by atoms with Crippen LogP contribution in [0.5, 0.6) is 0 Å². The molecular formula is C6H13N2O2P. The second kappa shape index (κ2) is 3.88. The molecule has 1 saturated heterocycles. The van der Waals surface area contributed by atoms with Gasteiger partial charge in [0.15, 0.2) is 0 Å². The molecule has 0 radical (unpaired) electrons. The van der Waals surface area contributed by atoms with Crippen LogP contribution in [0, 0.1) is 0 Å². The SMILES string of the molecule is NC1CCN(C(=O)OP)CC1. The van der Waals surface area contributed by atoms with Gasteiger partial charge in [0.05, 0.1) is 9.47 Å². The molecule has 0 spiro atoms. The first kappa shape index (κ1) is 8.75. The molecular weight excluding hydrogens is 163 g/mol. The van der Waals surface area contributed by atoms with Crippen LogP contribution in [0.4, 0.5) is 4.79 Å². The van der Waals surface area contributed by atoms with E-state index < -0.39 is 0 Å². The summed E-state index contributed by atoms with van der Waals surface area (Å²) in [5, 5.41) is 0. The van der Waals surface area contributed by atoms with Gasteiger partial charge in [0.1, 0.15) is 0 Å². The van der Waals surface area contributed by atoms with Crippen molar-refractivity contribution in [2.45, 2.75) is 18.9 Å². The molecule has 1 fully saturated rings. The highest BCUT2D eigenvalue weighted by Crippen LogP contribution is 2.10. The number of piperidine rings is 1. The normalized spacial score (nSPS) is 20.0. The molecule has 4 nitrogen and oxygen atoms in total. The van der Waals surface area contributed by atoms with Crippen LogP contribution in [0.2, 0.25) is 0 Å². The Morgan fingerprint density at radius 2 is 2.09 bits per heavy atom. The minimum atomic E-state index is -0.276. The maximum absolute atomic E-state index is 10.9. The fourth-order valence-corrected chi connectivity index (χ4v) is 1.31. The average Bonchev–Trinajstić information content (AvgIpc) is 2.05. The monoisotopic (exact) mass is 176 g/mol. The average molecular weight is 176 g/mol. The highest BCUT2D eigenvalue weighted by molar-refractivity contribution is 7.10. The fourth-order valence-electron chi connectivity index (χ4n) is 1.16. The maximum atomic E-state index is 10.9. The number of amides is 1. The maximum Gasteiger partial charge on any atom is 0.411 e. The van der Waals surface area contributed by atoms with Crippen molar-refractivity contribution in [1.82, 2.24) is 4.90 Å². The van der Waals surface area contributed by atoms with E-state index in [2.05, 4.69) is 4.52 Å². The molecule has 0 aromatic carbocycles. The van der Waals surface area contributed by atoms with E-state index in [1.165, 1.54) is 0 Å². The molecule has 1 atom stereocenters. The summed E-state index contributed by atoms with van der Waals surface area (Å²) < 4.78 is 4.49. The molecule has 1 unspecified atom stereocenters. The van der Waals surface area contributed by atoms with Gasteiger partial charge in [0.25, 0.3) is 0 Å². The minimum absolute atomic E-state index is 0.253. The van der Waals surface area contributed by atoms with Gasteiger partial charge in [-0.2, -0.15) is 0 Å². The highest BCUT2D eigenvalue weighted by Gasteiger charge is 2.20. The van der Waals surface area contributed by atoms with E-state index in [1.54, 1.807) is 4.90 Å². The van der Waals surface area contributed by atoms with Crippen LogP contribution in [0.25, 0.3) is 0 Å². The van der Waals surface area contributed by atoms with Gasteiger partial charge in [-0.25, -0.2) is 4.79 Å². The zero-order valence-electron chi connectivity index (χ0n) is 6.32. The summed E-state index contributed by atoms with van der Waals surface area (Å²) in [7, 11) is 1.95. The van der Waals surface area contributed by atoms with E-state index >= 15 is 0 Å². The van der Waals surface area contributed by atoms with E-state index in [0.717, 1.165) is 12.8 Å². The number of nitrogens with zero attached hydrogens (tertiary/aromatic N) is 1. The molecule has 1 aliphatic rings. The fraction of sp³-hybridized carbons (Fsp3) is 0.833. The molecule has 1 aliphatic heterocycles. The van der Waals surface area contributed by atoms with Crippen LogP contribution in [0.3, 0.4) is 0 Å². The van der Waals surface area contributed by atoms with Crippen LogP contribution in [-0.2, 0) is 4.52 Å². The number of nitrogens with two attached hydrogens (primary N) is 1. The second-order valence-corrected chi connectivity index (χ2v) is 2.94. The number of carbonyl (C=O) groups is 1. The summed E-state index contributed by atoms with van der Waals surface area (Å²) in [4.78, 5) is 12.6. The number of hydrogen-bond donors (Lipinski definition) is 1. The Balaban J connectivity index is 2.33. The van der Waals surface area contributed by atoms with Crippen molar-refractivity contribution >= 4 is 15.6 Å². The van der Waals surface area contributed by atoms with E-state index in [0.29, 0.717) is 13.1 Å². The molecule has 1 heterocycles. The quantitative estimate of drug-likeness (QED) is 0.541. The van der Waals surface area contributed by atoms with Gasteiger partial charge >= 0.3 is 6.09 Å². The Morgan fingerprint density at radius 3 is 2.55 bits per heavy atom. The van der Waals surface area contributed by atoms with Crippen molar-refractivity contribution < 1.29 is 9.32 Å². The predicted octanol–water partition coefficient (Wildman–Crippen LogP) is 0.336. The van der Waals surface area contributed by atoms with Crippen molar-refractivity contribution in [2.24, 2.45) is 5.73 Å². The topological polar surface area (TPSA) is 55.6 Å². The summed E-state index contributed by atoms with van der Waals surface area (Å²) in [5.41, 5.74) is 5.65. The summed E-state index contributed by atoms with van der Waals surface area (Å²) in [6, 6.07) is 0.253. The number of carbonyl (C=O) groups excluding carboxylic acids is 1. The van der Waals surface area contributed by atoms with Gasteiger partial charge in [-0.3, -0.25) is 0 Å². The molecule has 0 aliphatic carbocycles. The van der Waals surface area contributed by atoms with Gasteiger partial charge in [0.2, 0.25) is 0 Å². The highest BCUT2D eigenvalue weighted by atomic mass is 31.0. The van der Waals surface area contributed by atoms with Crippen LogP contribution < -0.4 is 5.73 Å². The second-order valence-electron chi connectivity index (χ2n) is 2.71. The molecule has 0 saturated carbocycles. The van der Waals surface area contributed by atoms with E-state index in [4.69, 9.17) is 5.73 Å². The lowest BCUT2D eigenvalue weighted by Crippen LogP contribution is -2.42. The third-order valence-electron chi connectivity index (χ3n) is 1.90. The standard InChI is InChI=1S/C6H13N2O2P/c7-5-1-3-8(4-2-5)6(9)10-11/h5H,1-4,7,11H2. The molecule has 1 amide bonds. The zero-order valence-corrected chi connectivity index (χ0v) is 7.48. The Kier molecular flexibility index (Phi) is 3.09. The van der Waals surface area contributed by atoms with E-state index in [1.807, 2.05) is 9.47 Å². The van der Waals surface area contributed by atoms with E-state index in [-0.39, 0.29) is 12.1 Å². The van der Waals surface area contributed by atoms with E-state index in [9.17, 15) is 4.79 Å². The van der Waals surface area contributed by atoms with Crippen LogP contribution in [0.1, 0.15) is 12.8 Å². The van der Waals surface area contributed by atoms with Crippen LogP contribution in [0.15, 0.2) is 0 Å². The van der Waals surface area contributed by atoms with Gasteiger partial charge in [-0.05, 0) is 12.8 Å². The van der Waals surface area contributed by atoms with Crippen molar-refractivity contribution in [1.29, 1.82) is 0 Å². The summed E-state index contributed by atoms with van der Waals surface area (Å²) in [5.74, 6) is 0. The molecule has 1 rings (SSSR count). The smallest absolute Gasteiger partial charge is 0.411 e. The lowest BCUT2D eigenvalue weighted by Gasteiger charge is -2.28. The number of rotatable bonds is 0. The summed E-state index contributed by atoms with van der Waals surface area (Å²) in [6.45, 7) is 1.43. The van der Waals surface area contributed by atoms with Crippen LogP contribution in [-0.4, -0.2) is 30.1 Å². The summed E-state index contributed by atoms with van der Waals surface area (Å²) >= 11 is 0. The number of hydrogen-bond acceptors (Lipinski definition) is 3. The van der Waals surface area contributed by atoms with Crippen LogP contribution >= 0.6 is 9.47 Å². The molecule has 64 valence electrons. The van der Waals surface area contributed by atoms with Gasteiger partial charge in [-0.15, -0.1) is 0 Å². The van der Waals surface area contributed by atoms with Gasteiger partial charge in [0, 0.05) is 19.1 Å². The molecule has 11 heavy (non-hydrogen) atoms. The molecule has 0 aromatic heterocycles. The minimum Gasteiger partial charge on any atom is -0.435 e. The first-order chi connectivity index (χ1) is 5.24. The Labute approximate surface area is 68.3 Å². The first-order valence-corrected chi connectivity index (χ1v) is 4.12. The summed E-state index contributed by atoms with van der Waals surface area (Å²) in [6.07, 6.45) is 1.47. The zero-order chi connectivity index (χ0) is 8.27. The van der Waals surface area contributed by atoms with Gasteiger partial charge in [-0.1, -0.05) is 0 Å². The third kappa shape index (κ3) is 2.31. The molecule has 2 N–H and O–H groups in total. The van der Waals surface area contributed by atoms with Gasteiger partial charge < -0.3 is 15.2 Å². The first-order valence-electron chi connectivity index (χ1n) is 3.65. The van der Waals surface area contributed by atoms with Crippen molar-refractivity contribution in [3.05, 3.63) is 0 Å². The Morgan fingerprint density at radius 1 is 1.55 bits per heavy atom. The molecule has 0 bridgehead atoms. The predicted molar refractivity (Wildman–Crippen MR) is 45.0 cm³/mol. The van der Waals surface area contributed by atoms with Crippen molar-refractivity contribution in [3.8, 4) is 0 Å². The molecule has 0 aromatic rings.